The van der Waals surface area contributed by atoms with Gasteiger partial charge in [-0.1, -0.05) is 0 Å². The third kappa shape index (κ3) is 2.22. The molecule has 1 heterocycles. The molecule has 4 nitrogen and oxygen atoms in total. The van der Waals surface area contributed by atoms with Crippen LogP contribution >= 0.6 is 0 Å². The van der Waals surface area contributed by atoms with E-state index in [1.54, 1.807) is 0 Å². The third-order valence-corrected chi connectivity index (χ3v) is 1.97. The molecule has 68 valence electrons. The van der Waals surface area contributed by atoms with Gasteiger partial charge < -0.3 is 9.84 Å². The molecule has 0 saturated carbocycles. The molecular weight excluding hydrogens is 160 g/mol. The number of carboxylic acids is 1. The van der Waals surface area contributed by atoms with E-state index >= 15 is 0 Å². The fraction of sp³-hybridized carbons (Fsp3) is 0.750. The van der Waals surface area contributed by atoms with E-state index in [2.05, 4.69) is 0 Å². The summed E-state index contributed by atoms with van der Waals surface area (Å²) < 4.78 is 4.87. The second-order valence-electron chi connectivity index (χ2n) is 3.11. The molecule has 1 N–H and O–H groups in total. The van der Waals surface area contributed by atoms with Gasteiger partial charge in [0.1, 0.15) is 0 Å². The molecule has 4 heteroatoms. The van der Waals surface area contributed by atoms with Crippen molar-refractivity contribution < 1.29 is 19.4 Å². The zero-order chi connectivity index (χ0) is 9.14. The van der Waals surface area contributed by atoms with Crippen molar-refractivity contribution in [3.05, 3.63) is 0 Å². The molecule has 1 rings (SSSR count). The molecular formula is C8H12O4. The predicted molar refractivity (Wildman–Crippen MR) is 40.5 cm³/mol. The molecule has 0 aromatic heterocycles. The monoisotopic (exact) mass is 172 g/mol. The summed E-state index contributed by atoms with van der Waals surface area (Å²) in [6, 6.07) is 0. The summed E-state index contributed by atoms with van der Waals surface area (Å²) in [5.74, 6) is -1.30. The Balaban J connectivity index is 2.33. The number of carbonyl (C=O) groups is 2. The topological polar surface area (TPSA) is 63.6 Å². The van der Waals surface area contributed by atoms with Crippen LogP contribution in [0.2, 0.25) is 0 Å². The van der Waals surface area contributed by atoms with Crippen molar-refractivity contribution in [2.24, 2.45) is 5.92 Å². The maximum Gasteiger partial charge on any atom is 0.309 e. The first-order valence-corrected chi connectivity index (χ1v) is 4.02. The summed E-state index contributed by atoms with van der Waals surface area (Å²) in [4.78, 5) is 21.2. The fourth-order valence-corrected chi connectivity index (χ4v) is 1.37. The van der Waals surface area contributed by atoms with Crippen LogP contribution in [0.25, 0.3) is 0 Å². The molecule has 0 radical (unpaired) electrons. The number of esters is 1. The number of hydrogen-bond acceptors (Lipinski definition) is 3. The first kappa shape index (κ1) is 9.03. The summed E-state index contributed by atoms with van der Waals surface area (Å²) in [6.07, 6.45) is 1.06. The summed E-state index contributed by atoms with van der Waals surface area (Å²) in [7, 11) is 0. The van der Waals surface area contributed by atoms with Crippen LogP contribution in [0.4, 0.5) is 0 Å². The highest BCUT2D eigenvalue weighted by Gasteiger charge is 2.31. The first-order chi connectivity index (χ1) is 5.59. The van der Waals surface area contributed by atoms with Gasteiger partial charge in [-0.25, -0.2) is 0 Å². The molecule has 0 aromatic carbocycles. The van der Waals surface area contributed by atoms with E-state index in [-0.39, 0.29) is 24.4 Å². The zero-order valence-electron chi connectivity index (χ0n) is 6.95. The number of carbonyl (C=O) groups excluding carboxylic acids is 1. The Bertz CT molecular complexity index is 199. The highest BCUT2D eigenvalue weighted by molar-refractivity contribution is 5.75. The average Bonchev–Trinajstić information content (AvgIpc) is 2.26. The van der Waals surface area contributed by atoms with Crippen molar-refractivity contribution in [3.8, 4) is 0 Å². The van der Waals surface area contributed by atoms with E-state index < -0.39 is 5.97 Å². The van der Waals surface area contributed by atoms with Gasteiger partial charge in [-0.15, -0.1) is 0 Å². The minimum Gasteiger partial charge on any atom is -0.481 e. The fourth-order valence-electron chi connectivity index (χ4n) is 1.37. The number of ether oxygens (including phenoxy) is 1. The molecule has 0 aliphatic carbocycles. The molecule has 2 unspecified atom stereocenters. The summed E-state index contributed by atoms with van der Waals surface area (Å²) in [5, 5.41) is 8.37. The summed E-state index contributed by atoms with van der Waals surface area (Å²) in [5.41, 5.74) is 0. The van der Waals surface area contributed by atoms with Crippen LogP contribution in [0, 0.1) is 5.92 Å². The van der Waals surface area contributed by atoms with E-state index in [4.69, 9.17) is 9.84 Å². The van der Waals surface area contributed by atoms with Gasteiger partial charge in [-0.3, -0.25) is 9.59 Å². The van der Waals surface area contributed by atoms with Gasteiger partial charge in [0.2, 0.25) is 0 Å². The second-order valence-corrected chi connectivity index (χ2v) is 3.11. The predicted octanol–water partition coefficient (Wildman–Crippen LogP) is 0.803. The van der Waals surface area contributed by atoms with Gasteiger partial charge in [-0.05, 0) is 19.8 Å². The number of rotatable bonds is 3. The van der Waals surface area contributed by atoms with Gasteiger partial charge in [0.05, 0.1) is 12.0 Å². The highest BCUT2D eigenvalue weighted by Crippen LogP contribution is 2.24. The minimum absolute atomic E-state index is 0.0451. The molecule has 0 bridgehead atoms. The molecule has 12 heavy (non-hydrogen) atoms. The normalized spacial score (nSPS) is 28.6. The maximum atomic E-state index is 11.0. The van der Waals surface area contributed by atoms with Crippen LogP contribution < -0.4 is 0 Å². The van der Waals surface area contributed by atoms with Crippen LogP contribution in [0.1, 0.15) is 26.2 Å². The number of carboxylic acid groups (broad SMARTS) is 1. The Morgan fingerprint density at radius 1 is 1.75 bits per heavy atom. The van der Waals surface area contributed by atoms with Crippen LogP contribution in [-0.2, 0) is 14.3 Å². The standard InChI is InChI=1S/C8H12O4/c1-5-4-6(8(11)12-5)2-3-7(9)10/h5-6H,2-4H2,1H3,(H,9,10). The maximum absolute atomic E-state index is 11.0. The summed E-state index contributed by atoms with van der Waals surface area (Å²) >= 11 is 0. The SMILES string of the molecule is CC1CC(CCC(=O)O)C(=O)O1. The molecule has 1 saturated heterocycles. The van der Waals surface area contributed by atoms with E-state index in [1.165, 1.54) is 0 Å². The zero-order valence-corrected chi connectivity index (χ0v) is 6.95. The minimum atomic E-state index is -0.859. The molecule has 2 atom stereocenters. The molecule has 1 aliphatic heterocycles. The third-order valence-electron chi connectivity index (χ3n) is 1.97. The van der Waals surface area contributed by atoms with Gasteiger partial charge in [0, 0.05) is 6.42 Å². The molecule has 1 aliphatic rings. The Morgan fingerprint density at radius 3 is 2.83 bits per heavy atom. The summed E-state index contributed by atoms with van der Waals surface area (Å²) in [6.45, 7) is 1.82. The van der Waals surface area contributed by atoms with Crippen molar-refractivity contribution in [3.63, 3.8) is 0 Å². The Hall–Kier alpha value is -1.06. The van der Waals surface area contributed by atoms with Crippen molar-refractivity contribution >= 4 is 11.9 Å². The van der Waals surface area contributed by atoms with E-state index in [1.807, 2.05) is 6.92 Å². The Morgan fingerprint density at radius 2 is 2.42 bits per heavy atom. The van der Waals surface area contributed by atoms with E-state index in [0.29, 0.717) is 12.8 Å². The Labute approximate surface area is 70.5 Å². The van der Waals surface area contributed by atoms with Gasteiger partial charge in [-0.2, -0.15) is 0 Å². The lowest BCUT2D eigenvalue weighted by Gasteiger charge is -2.00. The highest BCUT2D eigenvalue weighted by atomic mass is 16.5. The van der Waals surface area contributed by atoms with Crippen LogP contribution in [-0.4, -0.2) is 23.1 Å². The average molecular weight is 172 g/mol. The van der Waals surface area contributed by atoms with Crippen molar-refractivity contribution in [1.82, 2.24) is 0 Å². The lowest BCUT2D eigenvalue weighted by Crippen LogP contribution is -2.09. The molecule has 0 aromatic rings. The number of aliphatic carboxylic acids is 1. The van der Waals surface area contributed by atoms with Crippen molar-refractivity contribution in [1.29, 1.82) is 0 Å². The van der Waals surface area contributed by atoms with Crippen LogP contribution in [0.3, 0.4) is 0 Å². The van der Waals surface area contributed by atoms with Crippen molar-refractivity contribution in [2.45, 2.75) is 32.3 Å². The largest absolute Gasteiger partial charge is 0.481 e. The van der Waals surface area contributed by atoms with Gasteiger partial charge >= 0.3 is 11.9 Å². The lowest BCUT2D eigenvalue weighted by atomic mass is 10.00. The van der Waals surface area contributed by atoms with Crippen molar-refractivity contribution in [2.75, 3.05) is 0 Å². The Kier molecular flexibility index (Phi) is 2.68. The molecule has 0 amide bonds. The van der Waals surface area contributed by atoms with E-state index in [9.17, 15) is 9.59 Å². The molecule has 1 fully saturated rings. The van der Waals surface area contributed by atoms with Gasteiger partial charge in [0.15, 0.2) is 0 Å². The molecule has 0 spiro atoms. The quantitative estimate of drug-likeness (QED) is 0.639. The lowest BCUT2D eigenvalue weighted by molar-refractivity contribution is -0.144. The van der Waals surface area contributed by atoms with Gasteiger partial charge in [0.25, 0.3) is 0 Å². The van der Waals surface area contributed by atoms with Crippen LogP contribution in [0.5, 0.6) is 0 Å². The van der Waals surface area contributed by atoms with E-state index in [0.717, 1.165) is 0 Å². The first-order valence-electron chi connectivity index (χ1n) is 4.02. The second kappa shape index (κ2) is 3.56. The smallest absolute Gasteiger partial charge is 0.309 e. The van der Waals surface area contributed by atoms with Crippen LogP contribution in [0.15, 0.2) is 0 Å². The number of cyclic esters (lactones) is 1. The number of hydrogen-bond donors (Lipinski definition) is 1.